The number of para-hydroxylation sites is 1. The summed E-state index contributed by atoms with van der Waals surface area (Å²) in [5.74, 6) is 1.46. The van der Waals surface area contributed by atoms with E-state index in [0.29, 0.717) is 23.8 Å². The molecule has 0 bridgehead atoms. The number of hydrogen-bond acceptors (Lipinski definition) is 2. The number of halogens is 1. The predicted octanol–water partition coefficient (Wildman–Crippen LogP) is 3.53. The predicted molar refractivity (Wildman–Crippen MR) is 84.2 cm³/mol. The Labute approximate surface area is 129 Å². The maximum Gasteiger partial charge on any atom is 0.223 e. The van der Waals surface area contributed by atoms with Gasteiger partial charge in [-0.1, -0.05) is 47.0 Å². The van der Waals surface area contributed by atoms with Gasteiger partial charge in [-0.3, -0.25) is 4.79 Å². The van der Waals surface area contributed by atoms with Gasteiger partial charge in [0.05, 0.1) is 13.0 Å². The summed E-state index contributed by atoms with van der Waals surface area (Å²) >= 11 is 3.71. The Balaban J connectivity index is 1.60. The van der Waals surface area contributed by atoms with Crippen LogP contribution in [-0.2, 0) is 4.79 Å². The molecule has 1 aromatic carbocycles. The van der Waals surface area contributed by atoms with Gasteiger partial charge in [0.1, 0.15) is 5.75 Å². The maximum atomic E-state index is 11.8. The topological polar surface area (TPSA) is 38.3 Å². The molecule has 1 amide bonds. The van der Waals surface area contributed by atoms with Gasteiger partial charge in [0.2, 0.25) is 5.91 Å². The zero-order valence-corrected chi connectivity index (χ0v) is 13.3. The Bertz CT molecular complexity index is 410. The van der Waals surface area contributed by atoms with Crippen molar-refractivity contribution in [2.45, 2.75) is 36.9 Å². The van der Waals surface area contributed by atoms with Crippen LogP contribution in [0.3, 0.4) is 0 Å². The largest absolute Gasteiger partial charge is 0.493 e. The number of alkyl halides is 1. The lowest BCUT2D eigenvalue weighted by atomic mass is 9.89. The van der Waals surface area contributed by atoms with E-state index in [4.69, 9.17) is 4.74 Å². The first-order chi connectivity index (χ1) is 9.75. The fourth-order valence-corrected chi connectivity index (χ4v) is 3.28. The minimum absolute atomic E-state index is 0.0752. The van der Waals surface area contributed by atoms with Gasteiger partial charge in [-0.15, -0.1) is 0 Å². The van der Waals surface area contributed by atoms with Crippen molar-refractivity contribution in [1.82, 2.24) is 5.32 Å². The Hall–Kier alpha value is -1.03. The summed E-state index contributed by atoms with van der Waals surface area (Å²) in [6, 6.07) is 9.59. The van der Waals surface area contributed by atoms with Crippen LogP contribution in [0.5, 0.6) is 5.75 Å². The molecule has 0 spiro atoms. The molecule has 3 nitrogen and oxygen atoms in total. The van der Waals surface area contributed by atoms with Crippen molar-refractivity contribution in [1.29, 1.82) is 0 Å². The smallest absolute Gasteiger partial charge is 0.223 e. The van der Waals surface area contributed by atoms with E-state index in [0.717, 1.165) is 12.3 Å². The molecule has 0 heterocycles. The number of hydrogen-bond donors (Lipinski definition) is 1. The first-order valence-electron chi connectivity index (χ1n) is 7.34. The molecule has 20 heavy (non-hydrogen) atoms. The molecular weight excluding hydrogens is 318 g/mol. The monoisotopic (exact) mass is 339 g/mol. The Morgan fingerprint density at radius 2 is 2.00 bits per heavy atom. The SMILES string of the molecule is O=C(CCOc1ccccc1)NCC1CCCCC1Br. The lowest BCUT2D eigenvalue weighted by Gasteiger charge is -2.27. The quantitative estimate of drug-likeness (QED) is 0.805. The van der Waals surface area contributed by atoms with Crippen LogP contribution < -0.4 is 10.1 Å². The van der Waals surface area contributed by atoms with E-state index in [1.54, 1.807) is 0 Å². The minimum Gasteiger partial charge on any atom is -0.493 e. The van der Waals surface area contributed by atoms with Crippen LogP contribution in [0.25, 0.3) is 0 Å². The lowest BCUT2D eigenvalue weighted by molar-refractivity contribution is -0.121. The summed E-state index contributed by atoms with van der Waals surface area (Å²) < 4.78 is 5.52. The molecule has 2 rings (SSSR count). The number of rotatable bonds is 6. The van der Waals surface area contributed by atoms with Gasteiger partial charge < -0.3 is 10.1 Å². The fraction of sp³-hybridized carbons (Fsp3) is 0.562. The van der Waals surface area contributed by atoms with Crippen LogP contribution in [0.15, 0.2) is 30.3 Å². The molecule has 1 aromatic rings. The van der Waals surface area contributed by atoms with E-state index in [-0.39, 0.29) is 5.91 Å². The van der Waals surface area contributed by atoms with E-state index >= 15 is 0 Å². The zero-order valence-electron chi connectivity index (χ0n) is 11.7. The van der Waals surface area contributed by atoms with Crippen molar-refractivity contribution in [3.05, 3.63) is 30.3 Å². The van der Waals surface area contributed by atoms with Crippen molar-refractivity contribution in [3.63, 3.8) is 0 Å². The van der Waals surface area contributed by atoms with E-state index in [2.05, 4.69) is 21.2 Å². The van der Waals surface area contributed by atoms with E-state index in [1.807, 2.05) is 30.3 Å². The van der Waals surface area contributed by atoms with Crippen molar-refractivity contribution >= 4 is 21.8 Å². The van der Waals surface area contributed by atoms with Crippen molar-refractivity contribution < 1.29 is 9.53 Å². The first kappa shape index (κ1) is 15.4. The van der Waals surface area contributed by atoms with Crippen molar-refractivity contribution in [3.8, 4) is 5.75 Å². The first-order valence-corrected chi connectivity index (χ1v) is 8.26. The van der Waals surface area contributed by atoms with Crippen molar-refractivity contribution in [2.75, 3.05) is 13.2 Å². The molecule has 0 saturated heterocycles. The van der Waals surface area contributed by atoms with E-state index in [1.165, 1.54) is 25.7 Å². The molecule has 0 aromatic heterocycles. The molecule has 110 valence electrons. The second kappa shape index (κ2) is 8.30. The number of carbonyl (C=O) groups excluding carboxylic acids is 1. The summed E-state index contributed by atoms with van der Waals surface area (Å²) in [4.78, 5) is 12.3. The van der Waals surface area contributed by atoms with Crippen LogP contribution >= 0.6 is 15.9 Å². The third kappa shape index (κ3) is 5.16. The van der Waals surface area contributed by atoms with Crippen LogP contribution in [0, 0.1) is 5.92 Å². The number of benzene rings is 1. The van der Waals surface area contributed by atoms with Gasteiger partial charge >= 0.3 is 0 Å². The fourth-order valence-electron chi connectivity index (χ4n) is 2.50. The van der Waals surface area contributed by atoms with E-state index in [9.17, 15) is 4.79 Å². The molecule has 1 saturated carbocycles. The van der Waals surface area contributed by atoms with Crippen LogP contribution in [-0.4, -0.2) is 23.9 Å². The minimum atomic E-state index is 0.0752. The number of carbonyl (C=O) groups is 1. The van der Waals surface area contributed by atoms with Gasteiger partial charge in [-0.05, 0) is 30.9 Å². The maximum absolute atomic E-state index is 11.8. The number of amides is 1. The number of nitrogens with one attached hydrogen (secondary N) is 1. The average Bonchev–Trinajstić information content (AvgIpc) is 2.47. The number of ether oxygens (including phenoxy) is 1. The standard InChI is InChI=1S/C16H22BrNO2/c17-15-9-5-4-6-13(15)12-18-16(19)10-11-20-14-7-2-1-3-8-14/h1-3,7-8,13,15H,4-6,9-12H2,(H,18,19). The molecule has 2 unspecified atom stereocenters. The lowest BCUT2D eigenvalue weighted by Crippen LogP contribution is -2.35. The zero-order chi connectivity index (χ0) is 14.2. The molecule has 1 N–H and O–H groups in total. The van der Waals surface area contributed by atoms with Crippen LogP contribution in [0.1, 0.15) is 32.1 Å². The Kier molecular flexibility index (Phi) is 6.37. The highest BCUT2D eigenvalue weighted by Crippen LogP contribution is 2.29. The Morgan fingerprint density at radius 1 is 1.25 bits per heavy atom. The summed E-state index contributed by atoms with van der Waals surface area (Å²) in [6.45, 7) is 1.21. The van der Waals surface area contributed by atoms with Gasteiger partial charge in [0.25, 0.3) is 0 Å². The highest BCUT2D eigenvalue weighted by molar-refractivity contribution is 9.09. The van der Waals surface area contributed by atoms with Crippen LogP contribution in [0.4, 0.5) is 0 Å². The molecule has 4 heteroatoms. The molecule has 0 radical (unpaired) electrons. The van der Waals surface area contributed by atoms with E-state index < -0.39 is 0 Å². The molecule has 2 atom stereocenters. The average molecular weight is 340 g/mol. The van der Waals surface area contributed by atoms with Gasteiger partial charge in [-0.2, -0.15) is 0 Å². The molecule has 1 fully saturated rings. The van der Waals surface area contributed by atoms with Gasteiger partial charge in [0, 0.05) is 11.4 Å². The van der Waals surface area contributed by atoms with Crippen LogP contribution in [0.2, 0.25) is 0 Å². The molecule has 1 aliphatic rings. The third-order valence-electron chi connectivity index (χ3n) is 3.72. The second-order valence-electron chi connectivity index (χ2n) is 5.28. The summed E-state index contributed by atoms with van der Waals surface area (Å²) in [7, 11) is 0. The third-order valence-corrected chi connectivity index (χ3v) is 4.92. The molecule has 1 aliphatic carbocycles. The normalized spacial score (nSPS) is 22.2. The van der Waals surface area contributed by atoms with Gasteiger partial charge in [0.15, 0.2) is 0 Å². The molecule has 0 aliphatic heterocycles. The Morgan fingerprint density at radius 3 is 2.75 bits per heavy atom. The highest BCUT2D eigenvalue weighted by Gasteiger charge is 2.22. The van der Waals surface area contributed by atoms with Gasteiger partial charge in [-0.25, -0.2) is 0 Å². The summed E-state index contributed by atoms with van der Waals surface area (Å²) in [5, 5.41) is 3.02. The highest BCUT2D eigenvalue weighted by atomic mass is 79.9. The second-order valence-corrected chi connectivity index (χ2v) is 6.45. The summed E-state index contributed by atoms with van der Waals surface area (Å²) in [5.41, 5.74) is 0. The summed E-state index contributed by atoms with van der Waals surface area (Å²) in [6.07, 6.45) is 5.41. The molecular formula is C16H22BrNO2. The van der Waals surface area contributed by atoms with Crippen molar-refractivity contribution in [2.24, 2.45) is 5.92 Å².